The van der Waals surface area contributed by atoms with Gasteiger partial charge >= 0.3 is 0 Å². The molecule has 1 aromatic rings. The molecule has 2 nitrogen and oxygen atoms in total. The molecule has 0 aliphatic carbocycles. The van der Waals surface area contributed by atoms with Gasteiger partial charge in [0, 0.05) is 18.0 Å². The van der Waals surface area contributed by atoms with Crippen molar-refractivity contribution >= 4 is 11.6 Å². The molecular weight excluding hydrogens is 246 g/mol. The van der Waals surface area contributed by atoms with Crippen molar-refractivity contribution in [1.82, 2.24) is 5.32 Å². The van der Waals surface area contributed by atoms with Crippen molar-refractivity contribution in [2.75, 3.05) is 13.1 Å². The summed E-state index contributed by atoms with van der Waals surface area (Å²) in [5.41, 5.74) is 1.62. The van der Waals surface area contributed by atoms with Crippen LogP contribution in [0.25, 0.3) is 0 Å². The third kappa shape index (κ3) is 3.89. The largest absolute Gasteiger partial charge is 0.488 e. The molecule has 1 unspecified atom stereocenters. The highest BCUT2D eigenvalue weighted by molar-refractivity contribution is 6.30. The van der Waals surface area contributed by atoms with Crippen LogP contribution in [-0.2, 0) is 6.42 Å². The highest BCUT2D eigenvalue weighted by atomic mass is 35.5. The number of hydrogen-bond donors (Lipinski definition) is 1. The molecule has 0 saturated heterocycles. The van der Waals surface area contributed by atoms with E-state index in [4.69, 9.17) is 16.3 Å². The summed E-state index contributed by atoms with van der Waals surface area (Å²) in [6, 6.07) is 5.86. The van der Waals surface area contributed by atoms with Crippen LogP contribution in [0.2, 0.25) is 5.02 Å². The van der Waals surface area contributed by atoms with E-state index < -0.39 is 0 Å². The molecule has 0 amide bonds. The minimum atomic E-state index is 0.249. The van der Waals surface area contributed by atoms with Crippen LogP contribution >= 0.6 is 11.6 Å². The standard InChI is InChI=1S/C15H22ClNO/c1-15(2,3)6-7-17-10-13-9-11-8-12(16)4-5-14(11)18-13/h4-5,8,13,17H,6-7,9-10H2,1-3H3. The Morgan fingerprint density at radius 2 is 2.17 bits per heavy atom. The maximum absolute atomic E-state index is 5.98. The first-order valence-electron chi connectivity index (χ1n) is 6.60. The SMILES string of the molecule is CC(C)(C)CCNCC1Cc2cc(Cl)ccc2O1. The Bertz CT molecular complexity index is 411. The Labute approximate surface area is 115 Å². The van der Waals surface area contributed by atoms with Crippen molar-refractivity contribution in [3.8, 4) is 5.75 Å². The van der Waals surface area contributed by atoms with Gasteiger partial charge in [0.1, 0.15) is 11.9 Å². The van der Waals surface area contributed by atoms with Crippen LogP contribution < -0.4 is 10.1 Å². The lowest BCUT2D eigenvalue weighted by atomic mass is 9.92. The molecule has 0 bridgehead atoms. The van der Waals surface area contributed by atoms with E-state index in [1.165, 1.54) is 12.0 Å². The van der Waals surface area contributed by atoms with Crippen molar-refractivity contribution in [3.05, 3.63) is 28.8 Å². The summed E-state index contributed by atoms with van der Waals surface area (Å²) >= 11 is 5.98. The quantitative estimate of drug-likeness (QED) is 0.841. The predicted molar refractivity (Wildman–Crippen MR) is 76.5 cm³/mol. The van der Waals surface area contributed by atoms with Crippen molar-refractivity contribution in [3.63, 3.8) is 0 Å². The number of ether oxygens (including phenoxy) is 1. The van der Waals surface area contributed by atoms with Gasteiger partial charge in [-0.2, -0.15) is 0 Å². The van der Waals surface area contributed by atoms with E-state index in [9.17, 15) is 0 Å². The van der Waals surface area contributed by atoms with E-state index >= 15 is 0 Å². The smallest absolute Gasteiger partial charge is 0.123 e. The third-order valence-corrected chi connectivity index (χ3v) is 3.42. The van der Waals surface area contributed by atoms with Gasteiger partial charge in [0.15, 0.2) is 0 Å². The molecule has 1 N–H and O–H groups in total. The summed E-state index contributed by atoms with van der Waals surface area (Å²) in [5, 5.41) is 4.27. The fourth-order valence-corrected chi connectivity index (χ4v) is 2.32. The Hall–Kier alpha value is -0.730. The van der Waals surface area contributed by atoms with E-state index in [1.807, 2.05) is 18.2 Å². The van der Waals surface area contributed by atoms with Crippen molar-refractivity contribution < 1.29 is 4.74 Å². The second-order valence-corrected chi connectivity index (χ2v) is 6.65. The van der Waals surface area contributed by atoms with Gasteiger partial charge < -0.3 is 10.1 Å². The van der Waals surface area contributed by atoms with E-state index in [-0.39, 0.29) is 6.10 Å². The van der Waals surface area contributed by atoms with E-state index in [1.54, 1.807) is 0 Å². The Morgan fingerprint density at radius 3 is 2.89 bits per heavy atom. The zero-order valence-electron chi connectivity index (χ0n) is 11.4. The molecular formula is C15H22ClNO. The zero-order valence-corrected chi connectivity index (χ0v) is 12.2. The van der Waals surface area contributed by atoms with Crippen LogP contribution in [0.4, 0.5) is 0 Å². The number of nitrogens with one attached hydrogen (secondary N) is 1. The van der Waals surface area contributed by atoms with Gasteiger partial charge in [-0.1, -0.05) is 32.4 Å². The predicted octanol–water partition coefficient (Wildman–Crippen LogP) is 3.67. The second-order valence-electron chi connectivity index (χ2n) is 6.21. The van der Waals surface area contributed by atoms with Crippen molar-refractivity contribution in [1.29, 1.82) is 0 Å². The lowest BCUT2D eigenvalue weighted by molar-refractivity contribution is 0.224. The number of hydrogen-bond acceptors (Lipinski definition) is 2. The molecule has 0 spiro atoms. The molecule has 100 valence electrons. The molecule has 1 aromatic carbocycles. The first kappa shape index (κ1) is 13.7. The van der Waals surface area contributed by atoms with Gasteiger partial charge in [-0.15, -0.1) is 0 Å². The molecule has 2 rings (SSSR count). The fourth-order valence-electron chi connectivity index (χ4n) is 2.13. The molecule has 1 atom stereocenters. The van der Waals surface area contributed by atoms with Gasteiger partial charge in [0.05, 0.1) is 0 Å². The Morgan fingerprint density at radius 1 is 1.39 bits per heavy atom. The topological polar surface area (TPSA) is 21.3 Å². The number of rotatable bonds is 4. The number of halogens is 1. The highest BCUT2D eigenvalue weighted by Crippen LogP contribution is 2.30. The van der Waals surface area contributed by atoms with E-state index in [2.05, 4.69) is 26.1 Å². The summed E-state index contributed by atoms with van der Waals surface area (Å²) in [6.45, 7) is 8.73. The number of benzene rings is 1. The molecule has 1 aliphatic heterocycles. The third-order valence-electron chi connectivity index (χ3n) is 3.19. The van der Waals surface area contributed by atoms with Crippen LogP contribution in [0.15, 0.2) is 18.2 Å². The Balaban J connectivity index is 1.75. The van der Waals surface area contributed by atoms with Crippen LogP contribution in [-0.4, -0.2) is 19.2 Å². The summed E-state index contributed by atoms with van der Waals surface area (Å²) < 4.78 is 5.87. The van der Waals surface area contributed by atoms with Crippen LogP contribution in [0.5, 0.6) is 5.75 Å². The normalized spacial score (nSPS) is 18.6. The molecule has 0 aromatic heterocycles. The second kappa shape index (κ2) is 5.50. The van der Waals surface area contributed by atoms with Crippen molar-refractivity contribution in [2.45, 2.75) is 39.7 Å². The maximum atomic E-state index is 5.98. The summed E-state index contributed by atoms with van der Waals surface area (Å²) in [6.07, 6.45) is 2.38. The van der Waals surface area contributed by atoms with Crippen LogP contribution in [0.3, 0.4) is 0 Å². The minimum absolute atomic E-state index is 0.249. The van der Waals surface area contributed by atoms with E-state index in [0.29, 0.717) is 5.41 Å². The van der Waals surface area contributed by atoms with Gasteiger partial charge in [-0.05, 0) is 42.1 Å². The number of fused-ring (bicyclic) bond motifs is 1. The lowest BCUT2D eigenvalue weighted by Crippen LogP contribution is -2.32. The molecule has 0 radical (unpaired) electrons. The monoisotopic (exact) mass is 267 g/mol. The highest BCUT2D eigenvalue weighted by Gasteiger charge is 2.22. The van der Waals surface area contributed by atoms with Crippen LogP contribution in [0, 0.1) is 5.41 Å². The molecule has 0 fully saturated rings. The molecule has 18 heavy (non-hydrogen) atoms. The summed E-state index contributed by atoms with van der Waals surface area (Å²) in [5.74, 6) is 0.988. The van der Waals surface area contributed by atoms with Gasteiger partial charge in [0.25, 0.3) is 0 Å². The first-order valence-corrected chi connectivity index (χ1v) is 6.98. The zero-order chi connectivity index (χ0) is 13.2. The van der Waals surface area contributed by atoms with Crippen LogP contribution in [0.1, 0.15) is 32.8 Å². The van der Waals surface area contributed by atoms with E-state index in [0.717, 1.165) is 30.3 Å². The fraction of sp³-hybridized carbons (Fsp3) is 0.600. The average molecular weight is 268 g/mol. The first-order chi connectivity index (χ1) is 8.44. The Kier molecular flexibility index (Phi) is 4.18. The van der Waals surface area contributed by atoms with Gasteiger partial charge in [-0.3, -0.25) is 0 Å². The maximum Gasteiger partial charge on any atom is 0.123 e. The summed E-state index contributed by atoms with van der Waals surface area (Å²) in [7, 11) is 0. The average Bonchev–Trinajstić information content (AvgIpc) is 2.65. The van der Waals surface area contributed by atoms with Crippen molar-refractivity contribution in [2.24, 2.45) is 5.41 Å². The molecule has 1 aliphatic rings. The summed E-state index contributed by atoms with van der Waals surface area (Å²) in [4.78, 5) is 0. The molecule has 1 heterocycles. The minimum Gasteiger partial charge on any atom is -0.488 e. The molecule has 0 saturated carbocycles. The molecule has 3 heteroatoms. The van der Waals surface area contributed by atoms with Gasteiger partial charge in [0.2, 0.25) is 0 Å². The van der Waals surface area contributed by atoms with Gasteiger partial charge in [-0.25, -0.2) is 0 Å². The lowest BCUT2D eigenvalue weighted by Gasteiger charge is -2.19.